The molecule has 130 valence electrons. The van der Waals surface area contributed by atoms with E-state index in [1.165, 1.54) is 0 Å². The molecule has 0 bridgehead atoms. The number of Topliss-reactive ketones (excluding diaryl/α,β-unsaturated/α-hetero) is 1. The Morgan fingerprint density at radius 2 is 1.96 bits per heavy atom. The normalized spacial score (nSPS) is 11.3. The molecule has 0 fully saturated rings. The van der Waals surface area contributed by atoms with Crippen molar-refractivity contribution in [3.63, 3.8) is 0 Å². The summed E-state index contributed by atoms with van der Waals surface area (Å²) in [6.07, 6.45) is 3.56. The van der Waals surface area contributed by atoms with Gasteiger partial charge in [0.15, 0.2) is 5.78 Å². The second-order valence-electron chi connectivity index (χ2n) is 6.61. The Bertz CT molecular complexity index is 986. The molecule has 25 heavy (non-hydrogen) atoms. The van der Waals surface area contributed by atoms with E-state index in [0.717, 1.165) is 46.6 Å². The Labute approximate surface area is 146 Å². The molecule has 1 heterocycles. The third kappa shape index (κ3) is 3.02. The predicted octanol–water partition coefficient (Wildman–Crippen LogP) is 5.61. The van der Waals surface area contributed by atoms with Crippen LogP contribution < -0.4 is 0 Å². The Morgan fingerprint density at radius 1 is 1.20 bits per heavy atom. The molecule has 0 unspecified atom stereocenters. The van der Waals surface area contributed by atoms with Gasteiger partial charge >= 0.3 is 0 Å². The van der Waals surface area contributed by atoms with E-state index in [-0.39, 0.29) is 16.4 Å². The number of nitrogens with zero attached hydrogens (tertiary/aromatic N) is 1. The number of carbonyl (C=O) groups excluding carboxylic acids is 1. The summed E-state index contributed by atoms with van der Waals surface area (Å²) in [6.45, 7) is 5.74. The minimum atomic E-state index is -0.347. The second-order valence-corrected chi connectivity index (χ2v) is 6.61. The van der Waals surface area contributed by atoms with Crippen molar-refractivity contribution in [1.29, 1.82) is 0 Å². The van der Waals surface area contributed by atoms with E-state index >= 15 is 0 Å². The second kappa shape index (κ2) is 6.67. The highest BCUT2D eigenvalue weighted by molar-refractivity contribution is 6.13. The number of aryl methyl sites for hydroxylation is 2. The van der Waals surface area contributed by atoms with Crippen LogP contribution in [0.2, 0.25) is 0 Å². The zero-order valence-electron chi connectivity index (χ0n) is 14.8. The molecule has 5 heteroatoms. The summed E-state index contributed by atoms with van der Waals surface area (Å²) in [4.78, 5) is 26.8. The van der Waals surface area contributed by atoms with Gasteiger partial charge in [-0.2, -0.15) is 0 Å². The quantitative estimate of drug-likeness (QED) is 0.275. The van der Waals surface area contributed by atoms with Crippen LogP contribution in [0.1, 0.15) is 54.1 Å². The van der Waals surface area contributed by atoms with E-state index in [0.29, 0.717) is 17.5 Å². The van der Waals surface area contributed by atoms with Crippen LogP contribution in [-0.4, -0.2) is 15.7 Å². The van der Waals surface area contributed by atoms with Gasteiger partial charge in [-0.3, -0.25) is 14.9 Å². The monoisotopic (exact) mass is 338 g/mol. The lowest BCUT2D eigenvalue weighted by molar-refractivity contribution is -0.385. The van der Waals surface area contributed by atoms with E-state index < -0.39 is 0 Å². The molecule has 0 aliphatic rings. The standard InChI is InChI=1S/C20H22N2O3/c1-4-5-6-7-18(23)14-8-9-16-15(11-14)19-13(3)17(22(24)25)10-12(2)20(19)21-16/h8-11,21H,4-7H2,1-3H3. The molecule has 5 nitrogen and oxygen atoms in total. The minimum absolute atomic E-state index is 0.116. The fourth-order valence-electron chi connectivity index (χ4n) is 3.43. The average Bonchev–Trinajstić information content (AvgIpc) is 2.97. The van der Waals surface area contributed by atoms with Crippen LogP contribution in [-0.2, 0) is 0 Å². The number of rotatable bonds is 6. The number of carbonyl (C=O) groups is 1. The maximum atomic E-state index is 12.4. The van der Waals surface area contributed by atoms with Gasteiger partial charge in [-0.25, -0.2) is 0 Å². The zero-order valence-corrected chi connectivity index (χ0v) is 14.8. The Morgan fingerprint density at radius 3 is 2.64 bits per heavy atom. The van der Waals surface area contributed by atoms with Crippen molar-refractivity contribution in [2.75, 3.05) is 0 Å². The van der Waals surface area contributed by atoms with Gasteiger partial charge in [-0.15, -0.1) is 0 Å². The summed E-state index contributed by atoms with van der Waals surface area (Å²) in [5.41, 5.74) is 4.05. The van der Waals surface area contributed by atoms with Gasteiger partial charge in [0.2, 0.25) is 0 Å². The molecule has 0 aliphatic carbocycles. The number of hydrogen-bond acceptors (Lipinski definition) is 3. The zero-order chi connectivity index (χ0) is 18.1. The number of benzene rings is 2. The first-order valence-electron chi connectivity index (χ1n) is 8.67. The van der Waals surface area contributed by atoms with Gasteiger partial charge < -0.3 is 4.98 Å². The maximum Gasteiger partial charge on any atom is 0.273 e. The topological polar surface area (TPSA) is 76.0 Å². The maximum absolute atomic E-state index is 12.4. The number of nitrogens with one attached hydrogen (secondary N) is 1. The summed E-state index contributed by atoms with van der Waals surface area (Å²) in [5, 5.41) is 13.1. The van der Waals surface area contributed by atoms with E-state index in [4.69, 9.17) is 0 Å². The summed E-state index contributed by atoms with van der Waals surface area (Å²) in [6, 6.07) is 7.21. The van der Waals surface area contributed by atoms with E-state index in [9.17, 15) is 14.9 Å². The van der Waals surface area contributed by atoms with Crippen LogP contribution >= 0.6 is 0 Å². The number of aromatic nitrogens is 1. The Kier molecular flexibility index (Phi) is 4.57. The summed E-state index contributed by atoms with van der Waals surface area (Å²) >= 11 is 0. The number of hydrogen-bond donors (Lipinski definition) is 1. The van der Waals surface area contributed by atoms with Crippen LogP contribution in [0.5, 0.6) is 0 Å². The van der Waals surface area contributed by atoms with Crippen LogP contribution in [0.25, 0.3) is 21.8 Å². The highest BCUT2D eigenvalue weighted by Gasteiger charge is 2.19. The van der Waals surface area contributed by atoms with Crippen molar-refractivity contribution in [3.8, 4) is 0 Å². The molecule has 1 N–H and O–H groups in total. The summed E-state index contributed by atoms with van der Waals surface area (Å²) < 4.78 is 0. The van der Waals surface area contributed by atoms with Crippen LogP contribution in [0.3, 0.4) is 0 Å². The fraction of sp³-hybridized carbons (Fsp3) is 0.350. The van der Waals surface area contributed by atoms with Gasteiger partial charge in [-0.05, 0) is 44.0 Å². The number of fused-ring (bicyclic) bond motifs is 3. The van der Waals surface area contributed by atoms with Crippen molar-refractivity contribution in [3.05, 3.63) is 51.1 Å². The molecular weight excluding hydrogens is 316 g/mol. The van der Waals surface area contributed by atoms with E-state index in [1.54, 1.807) is 13.0 Å². The lowest BCUT2D eigenvalue weighted by Crippen LogP contribution is -1.98. The van der Waals surface area contributed by atoms with Gasteiger partial charge in [-0.1, -0.05) is 19.8 Å². The number of ketones is 1. The molecule has 0 saturated heterocycles. The number of nitro benzene ring substituents is 1. The molecule has 1 aromatic heterocycles. The van der Waals surface area contributed by atoms with Gasteiger partial charge in [0.25, 0.3) is 5.69 Å². The molecular formula is C20H22N2O3. The fourth-order valence-corrected chi connectivity index (χ4v) is 3.43. The molecule has 0 radical (unpaired) electrons. The third-order valence-corrected chi connectivity index (χ3v) is 4.83. The lowest BCUT2D eigenvalue weighted by Gasteiger charge is -2.04. The van der Waals surface area contributed by atoms with Gasteiger partial charge in [0.05, 0.1) is 10.4 Å². The molecule has 0 saturated carbocycles. The molecule has 0 amide bonds. The summed E-state index contributed by atoms with van der Waals surface area (Å²) in [5.74, 6) is 0.129. The predicted molar refractivity (Wildman–Crippen MR) is 100 cm³/mol. The minimum Gasteiger partial charge on any atom is -0.354 e. The van der Waals surface area contributed by atoms with Crippen molar-refractivity contribution in [2.45, 2.75) is 46.5 Å². The van der Waals surface area contributed by atoms with Crippen LogP contribution in [0.15, 0.2) is 24.3 Å². The van der Waals surface area contributed by atoms with E-state index in [1.807, 2.05) is 25.1 Å². The van der Waals surface area contributed by atoms with Crippen molar-refractivity contribution >= 4 is 33.3 Å². The number of unbranched alkanes of at least 4 members (excludes halogenated alkanes) is 2. The number of aromatic amines is 1. The van der Waals surface area contributed by atoms with Crippen molar-refractivity contribution < 1.29 is 9.72 Å². The third-order valence-electron chi connectivity index (χ3n) is 4.83. The molecule has 3 rings (SSSR count). The highest BCUT2D eigenvalue weighted by Crippen LogP contribution is 2.36. The van der Waals surface area contributed by atoms with E-state index in [2.05, 4.69) is 11.9 Å². The SMILES string of the molecule is CCCCCC(=O)c1ccc2[nH]c3c(C)cc([N+](=O)[O-])c(C)c3c2c1. The molecule has 0 aliphatic heterocycles. The number of H-pyrrole nitrogens is 1. The van der Waals surface area contributed by atoms with Crippen molar-refractivity contribution in [1.82, 2.24) is 4.98 Å². The molecule has 3 aromatic rings. The van der Waals surface area contributed by atoms with Gasteiger partial charge in [0, 0.05) is 39.9 Å². The highest BCUT2D eigenvalue weighted by atomic mass is 16.6. The van der Waals surface area contributed by atoms with Crippen LogP contribution in [0, 0.1) is 24.0 Å². The molecule has 0 atom stereocenters. The first kappa shape index (κ1) is 17.1. The van der Waals surface area contributed by atoms with Crippen LogP contribution in [0.4, 0.5) is 5.69 Å². The molecule has 0 spiro atoms. The number of nitro groups is 1. The molecule has 2 aromatic carbocycles. The van der Waals surface area contributed by atoms with Gasteiger partial charge in [0.1, 0.15) is 0 Å². The average molecular weight is 338 g/mol. The summed E-state index contributed by atoms with van der Waals surface area (Å²) in [7, 11) is 0. The first-order valence-corrected chi connectivity index (χ1v) is 8.67. The Hall–Kier alpha value is -2.69. The smallest absolute Gasteiger partial charge is 0.273 e. The first-order chi connectivity index (χ1) is 11.9. The largest absolute Gasteiger partial charge is 0.354 e. The lowest BCUT2D eigenvalue weighted by atomic mass is 9.99. The van der Waals surface area contributed by atoms with Crippen molar-refractivity contribution in [2.24, 2.45) is 0 Å². The Balaban J connectivity index is 2.16.